The summed E-state index contributed by atoms with van der Waals surface area (Å²) in [5.74, 6) is 0.645. The van der Waals surface area contributed by atoms with E-state index in [1.807, 2.05) is 73.7 Å². The second kappa shape index (κ2) is 14.1. The lowest BCUT2D eigenvalue weighted by Gasteiger charge is -2.13. The van der Waals surface area contributed by atoms with Gasteiger partial charge in [-0.3, -0.25) is 4.99 Å². The molecule has 3 heterocycles. The van der Waals surface area contributed by atoms with Gasteiger partial charge in [0.1, 0.15) is 11.7 Å². The lowest BCUT2D eigenvalue weighted by molar-refractivity contribution is 0.666. The quantitative estimate of drug-likeness (QED) is 0.125. The zero-order valence-corrected chi connectivity index (χ0v) is 33.0. The third-order valence-corrected chi connectivity index (χ3v) is 11.8. The summed E-state index contributed by atoms with van der Waals surface area (Å²) in [5.41, 5.74) is 11.9. The van der Waals surface area contributed by atoms with Crippen LogP contribution in [0.3, 0.4) is 0 Å². The molecule has 0 saturated heterocycles. The molecule has 6 nitrogen and oxygen atoms in total. The number of aliphatic imine (C=N–C) groups is 2. The molecule has 0 aliphatic heterocycles. The van der Waals surface area contributed by atoms with Crippen LogP contribution >= 0.6 is 0 Å². The fraction of sp³-hybridized carbons (Fsp3) is 0.0556. The predicted molar refractivity (Wildman–Crippen MR) is 247 cm³/mol. The molecule has 60 heavy (non-hydrogen) atoms. The van der Waals surface area contributed by atoms with E-state index in [2.05, 4.69) is 137 Å². The van der Waals surface area contributed by atoms with Crippen LogP contribution in [-0.2, 0) is 0 Å². The molecule has 1 unspecified atom stereocenters. The standard InChI is InChI=1S/C54H37N5O/c1-34(36-16-5-3-6-17-36)56-54(37-18-7-4-8-19-37)57-35(2)38-28-30-45(39(32-38)33-55)59-46-24-12-9-20-40(46)42-29-31-48-51(52(42)59)44-22-10-13-25-47(44)58(48)49-26-15-23-43-41-21-11-14-27-50(41)60-53(43)49/h3-32,34H,1-2H3. The van der Waals surface area contributed by atoms with Crippen molar-refractivity contribution < 1.29 is 4.42 Å². The first-order valence-corrected chi connectivity index (χ1v) is 20.2. The van der Waals surface area contributed by atoms with Crippen molar-refractivity contribution in [1.29, 1.82) is 5.26 Å². The zero-order chi connectivity index (χ0) is 40.3. The van der Waals surface area contributed by atoms with Gasteiger partial charge in [-0.1, -0.05) is 140 Å². The molecule has 0 aliphatic carbocycles. The smallest absolute Gasteiger partial charge is 0.159 e. The summed E-state index contributed by atoms with van der Waals surface area (Å²) in [6, 6.07) is 65.0. The molecule has 0 saturated carbocycles. The molecule has 0 radical (unpaired) electrons. The lowest BCUT2D eigenvalue weighted by atomic mass is 10.0. The van der Waals surface area contributed by atoms with Crippen LogP contribution in [0.25, 0.3) is 76.9 Å². The van der Waals surface area contributed by atoms with Gasteiger partial charge in [0.25, 0.3) is 0 Å². The topological polar surface area (TPSA) is 71.5 Å². The van der Waals surface area contributed by atoms with Crippen LogP contribution in [0, 0.1) is 11.3 Å². The molecule has 0 bridgehead atoms. The number of nitriles is 1. The van der Waals surface area contributed by atoms with Crippen molar-refractivity contribution in [2.75, 3.05) is 0 Å². The second-order valence-electron chi connectivity index (χ2n) is 15.3. The lowest BCUT2D eigenvalue weighted by Crippen LogP contribution is -2.07. The van der Waals surface area contributed by atoms with Crippen molar-refractivity contribution in [1.82, 2.24) is 9.13 Å². The van der Waals surface area contributed by atoms with E-state index in [0.29, 0.717) is 11.4 Å². The summed E-state index contributed by atoms with van der Waals surface area (Å²) in [6.07, 6.45) is 0. The Morgan fingerprint density at radius 2 is 1.23 bits per heavy atom. The summed E-state index contributed by atoms with van der Waals surface area (Å²) >= 11 is 0. The van der Waals surface area contributed by atoms with Crippen LogP contribution in [-0.4, -0.2) is 20.7 Å². The molecule has 1 atom stereocenters. The van der Waals surface area contributed by atoms with E-state index >= 15 is 0 Å². The number of aromatic nitrogens is 2. The van der Waals surface area contributed by atoms with Crippen LogP contribution in [0.4, 0.5) is 0 Å². The van der Waals surface area contributed by atoms with Gasteiger partial charge in [-0.25, -0.2) is 4.99 Å². The highest BCUT2D eigenvalue weighted by Gasteiger charge is 2.24. The first-order chi connectivity index (χ1) is 29.6. The van der Waals surface area contributed by atoms with E-state index in [1.165, 1.54) is 0 Å². The van der Waals surface area contributed by atoms with Crippen molar-refractivity contribution in [3.63, 3.8) is 0 Å². The maximum Gasteiger partial charge on any atom is 0.159 e. The minimum absolute atomic E-state index is 0.0975. The largest absolute Gasteiger partial charge is 0.454 e. The van der Waals surface area contributed by atoms with Gasteiger partial charge in [0, 0.05) is 43.6 Å². The summed E-state index contributed by atoms with van der Waals surface area (Å²) in [5, 5.41) is 17.6. The van der Waals surface area contributed by atoms with E-state index in [-0.39, 0.29) is 6.04 Å². The number of furan rings is 1. The van der Waals surface area contributed by atoms with Gasteiger partial charge in [-0.15, -0.1) is 0 Å². The summed E-state index contributed by atoms with van der Waals surface area (Å²) in [4.78, 5) is 10.2. The molecule has 0 aliphatic rings. The van der Waals surface area contributed by atoms with Crippen LogP contribution in [0.2, 0.25) is 0 Å². The number of rotatable bonds is 6. The molecule has 0 fully saturated rings. The first kappa shape index (κ1) is 35.2. The molecule has 0 amide bonds. The van der Waals surface area contributed by atoms with E-state index in [0.717, 1.165) is 99.3 Å². The van der Waals surface area contributed by atoms with Gasteiger partial charge in [-0.05, 0) is 67.4 Å². The third-order valence-electron chi connectivity index (χ3n) is 11.8. The Labute approximate surface area is 346 Å². The first-order valence-electron chi connectivity index (χ1n) is 20.2. The normalized spacial score (nSPS) is 12.9. The number of amidine groups is 1. The average molecular weight is 772 g/mol. The molecule has 284 valence electrons. The minimum Gasteiger partial charge on any atom is -0.454 e. The molecule has 11 aromatic rings. The van der Waals surface area contributed by atoms with Gasteiger partial charge in [0.2, 0.25) is 0 Å². The molecular weight excluding hydrogens is 735 g/mol. The number of hydrogen-bond acceptors (Lipinski definition) is 3. The fourth-order valence-electron chi connectivity index (χ4n) is 8.94. The Hall–Kier alpha value is -8.01. The highest BCUT2D eigenvalue weighted by atomic mass is 16.3. The molecule has 8 aromatic carbocycles. The fourth-order valence-corrected chi connectivity index (χ4v) is 8.94. The molecule has 0 spiro atoms. The van der Waals surface area contributed by atoms with E-state index in [9.17, 15) is 5.26 Å². The number of benzene rings is 8. The zero-order valence-electron chi connectivity index (χ0n) is 33.0. The maximum atomic E-state index is 10.9. The second-order valence-corrected chi connectivity index (χ2v) is 15.3. The van der Waals surface area contributed by atoms with Crippen molar-refractivity contribution >= 4 is 77.1 Å². The van der Waals surface area contributed by atoms with Crippen molar-refractivity contribution in [3.8, 4) is 17.4 Å². The Morgan fingerprint density at radius 1 is 0.567 bits per heavy atom. The van der Waals surface area contributed by atoms with Crippen molar-refractivity contribution in [3.05, 3.63) is 204 Å². The van der Waals surface area contributed by atoms with E-state index < -0.39 is 0 Å². The molecule has 0 N–H and O–H groups in total. The van der Waals surface area contributed by atoms with Crippen LogP contribution in [0.5, 0.6) is 0 Å². The minimum atomic E-state index is -0.0975. The summed E-state index contributed by atoms with van der Waals surface area (Å²) in [6.45, 7) is 4.08. The van der Waals surface area contributed by atoms with Gasteiger partial charge in [0.05, 0.1) is 45.0 Å². The molecule has 6 heteroatoms. The van der Waals surface area contributed by atoms with Crippen LogP contribution in [0.15, 0.2) is 196 Å². The monoisotopic (exact) mass is 771 g/mol. The number of fused-ring (bicyclic) bond motifs is 10. The average Bonchev–Trinajstić information content (AvgIpc) is 3.97. The van der Waals surface area contributed by atoms with Crippen molar-refractivity contribution in [2.45, 2.75) is 19.9 Å². The Balaban J connectivity index is 1.12. The highest BCUT2D eigenvalue weighted by Crippen LogP contribution is 2.44. The SMILES string of the molecule is CC(=NC(=NC(C)c1ccccc1)c1ccccc1)c1ccc(-n2c3ccccc3c3ccc4c(c5ccccc5n4-c4cccc5c4oc4ccccc45)c32)c(C#N)c1. The number of para-hydroxylation sites is 4. The van der Waals surface area contributed by atoms with Gasteiger partial charge < -0.3 is 13.6 Å². The van der Waals surface area contributed by atoms with Gasteiger partial charge in [-0.2, -0.15) is 5.26 Å². The number of nitrogens with zero attached hydrogens (tertiary/aromatic N) is 5. The predicted octanol–water partition coefficient (Wildman–Crippen LogP) is 13.7. The van der Waals surface area contributed by atoms with Gasteiger partial charge >= 0.3 is 0 Å². The van der Waals surface area contributed by atoms with Gasteiger partial charge in [0.15, 0.2) is 11.4 Å². The summed E-state index contributed by atoms with van der Waals surface area (Å²) < 4.78 is 11.2. The van der Waals surface area contributed by atoms with E-state index in [1.54, 1.807) is 0 Å². The molecular formula is C54H37N5O. The third kappa shape index (κ3) is 5.55. The number of hydrogen-bond donors (Lipinski definition) is 0. The van der Waals surface area contributed by atoms with Crippen LogP contribution < -0.4 is 0 Å². The van der Waals surface area contributed by atoms with E-state index in [4.69, 9.17) is 14.4 Å². The Bertz CT molecular complexity index is 3580. The van der Waals surface area contributed by atoms with Crippen molar-refractivity contribution in [2.24, 2.45) is 9.98 Å². The summed E-state index contributed by atoms with van der Waals surface area (Å²) in [7, 11) is 0. The van der Waals surface area contributed by atoms with Crippen LogP contribution in [0.1, 0.15) is 42.1 Å². The highest BCUT2D eigenvalue weighted by molar-refractivity contribution is 6.26. The Morgan fingerprint density at radius 3 is 2.02 bits per heavy atom. The molecule has 11 rings (SSSR count). The molecule has 3 aromatic heterocycles. The maximum absolute atomic E-state index is 10.9. The Kier molecular flexibility index (Phi) is 8.28.